The monoisotopic (exact) mass is 310 g/mol. The van der Waals surface area contributed by atoms with Crippen molar-refractivity contribution in [2.75, 3.05) is 23.9 Å². The zero-order valence-corrected chi connectivity index (χ0v) is 13.1. The summed E-state index contributed by atoms with van der Waals surface area (Å²) in [5.41, 5.74) is 2.98. The Hall–Kier alpha value is -2.82. The van der Waals surface area contributed by atoms with Crippen molar-refractivity contribution in [2.45, 2.75) is 13.3 Å². The van der Waals surface area contributed by atoms with Crippen LogP contribution in [0.25, 0.3) is 0 Å². The summed E-state index contributed by atoms with van der Waals surface area (Å²) in [7, 11) is 1.68. The van der Waals surface area contributed by atoms with Crippen LogP contribution in [-0.2, 0) is 11.2 Å². The van der Waals surface area contributed by atoms with Gasteiger partial charge in [-0.25, -0.2) is 0 Å². The fourth-order valence-corrected chi connectivity index (χ4v) is 2.56. The Balaban J connectivity index is 1.87. The van der Waals surface area contributed by atoms with E-state index in [0.29, 0.717) is 17.0 Å². The molecular formula is C18H18N2O3. The van der Waals surface area contributed by atoms with E-state index in [1.54, 1.807) is 25.2 Å². The number of likely N-dealkylation sites (N-methyl/N-ethyl adjacent to an activating group) is 1. The Bertz CT molecular complexity index is 771. The number of aryl methyl sites for hydroxylation is 1. The van der Waals surface area contributed by atoms with Crippen molar-refractivity contribution in [3.63, 3.8) is 0 Å². The number of rotatable bonds is 3. The van der Waals surface area contributed by atoms with Gasteiger partial charge in [0, 0.05) is 18.3 Å². The van der Waals surface area contributed by atoms with Gasteiger partial charge < -0.3 is 15.0 Å². The van der Waals surface area contributed by atoms with Crippen LogP contribution in [0.3, 0.4) is 0 Å². The highest BCUT2D eigenvalue weighted by Gasteiger charge is 2.23. The number of carbonyl (C=O) groups is 2. The summed E-state index contributed by atoms with van der Waals surface area (Å²) in [6.07, 6.45) is 0.839. The predicted molar refractivity (Wildman–Crippen MR) is 89.1 cm³/mol. The molecule has 0 saturated heterocycles. The van der Waals surface area contributed by atoms with Gasteiger partial charge in [-0.1, -0.05) is 25.1 Å². The molecule has 0 atom stereocenters. The van der Waals surface area contributed by atoms with Gasteiger partial charge in [0.2, 0.25) is 0 Å². The van der Waals surface area contributed by atoms with Crippen molar-refractivity contribution < 1.29 is 14.3 Å². The maximum Gasteiger partial charge on any atom is 0.264 e. The molecule has 0 bridgehead atoms. The van der Waals surface area contributed by atoms with Gasteiger partial charge >= 0.3 is 0 Å². The quantitative estimate of drug-likeness (QED) is 0.948. The summed E-state index contributed by atoms with van der Waals surface area (Å²) in [4.78, 5) is 25.7. The summed E-state index contributed by atoms with van der Waals surface area (Å²) in [5, 5.41) is 2.93. The minimum absolute atomic E-state index is 0.0267. The van der Waals surface area contributed by atoms with Crippen molar-refractivity contribution in [1.82, 2.24) is 0 Å². The average Bonchev–Trinajstić information content (AvgIpc) is 2.58. The zero-order chi connectivity index (χ0) is 16.4. The van der Waals surface area contributed by atoms with Crippen LogP contribution < -0.4 is 15.0 Å². The van der Waals surface area contributed by atoms with Gasteiger partial charge in [0.25, 0.3) is 11.8 Å². The first-order valence-corrected chi connectivity index (χ1v) is 7.53. The topological polar surface area (TPSA) is 58.6 Å². The second-order valence-electron chi connectivity index (χ2n) is 5.39. The fraction of sp³-hybridized carbons (Fsp3) is 0.222. The molecule has 0 radical (unpaired) electrons. The molecule has 5 heteroatoms. The first kappa shape index (κ1) is 15.1. The molecule has 1 aliphatic rings. The van der Waals surface area contributed by atoms with E-state index in [2.05, 4.69) is 5.32 Å². The van der Waals surface area contributed by atoms with Crippen LogP contribution in [0.1, 0.15) is 22.8 Å². The molecule has 1 aliphatic heterocycles. The Kier molecular flexibility index (Phi) is 4.02. The Morgan fingerprint density at radius 1 is 1.26 bits per heavy atom. The summed E-state index contributed by atoms with van der Waals surface area (Å²) < 4.78 is 5.37. The maximum atomic E-state index is 12.5. The number of carbonyl (C=O) groups excluding carboxylic acids is 2. The molecule has 0 saturated carbocycles. The average molecular weight is 310 g/mol. The molecule has 118 valence electrons. The number of anilines is 2. The summed E-state index contributed by atoms with van der Waals surface area (Å²) in [5.74, 6) is 0.268. The number of para-hydroxylation sites is 1. The van der Waals surface area contributed by atoms with Crippen molar-refractivity contribution in [3.05, 3.63) is 53.6 Å². The lowest BCUT2D eigenvalue weighted by molar-refractivity contribution is -0.120. The lowest BCUT2D eigenvalue weighted by atomic mass is 10.1. The van der Waals surface area contributed by atoms with Crippen LogP contribution in [0.5, 0.6) is 5.75 Å². The molecule has 0 fully saturated rings. The van der Waals surface area contributed by atoms with E-state index in [0.717, 1.165) is 17.7 Å². The third-order valence-corrected chi connectivity index (χ3v) is 3.95. The third-order valence-electron chi connectivity index (χ3n) is 3.95. The number of amides is 2. The van der Waals surface area contributed by atoms with Gasteiger partial charge in [-0.05, 0) is 36.2 Å². The van der Waals surface area contributed by atoms with Gasteiger partial charge in [-0.2, -0.15) is 0 Å². The number of nitrogens with zero attached hydrogens (tertiary/aromatic N) is 1. The maximum absolute atomic E-state index is 12.5. The molecule has 2 aromatic rings. The smallest absolute Gasteiger partial charge is 0.264 e. The molecule has 5 nitrogen and oxygen atoms in total. The zero-order valence-electron chi connectivity index (χ0n) is 13.1. The fourth-order valence-electron chi connectivity index (χ4n) is 2.56. The first-order valence-electron chi connectivity index (χ1n) is 7.53. The van der Waals surface area contributed by atoms with Crippen LogP contribution in [0.2, 0.25) is 0 Å². The highest BCUT2D eigenvalue weighted by Crippen LogP contribution is 2.32. The molecule has 2 aromatic carbocycles. The van der Waals surface area contributed by atoms with Crippen molar-refractivity contribution in [1.29, 1.82) is 0 Å². The van der Waals surface area contributed by atoms with Gasteiger partial charge in [0.05, 0.1) is 5.69 Å². The first-order chi connectivity index (χ1) is 11.1. The Morgan fingerprint density at radius 3 is 2.83 bits per heavy atom. The van der Waals surface area contributed by atoms with Gasteiger partial charge in [-0.15, -0.1) is 0 Å². The van der Waals surface area contributed by atoms with Crippen LogP contribution in [0.4, 0.5) is 11.4 Å². The molecule has 1 N–H and O–H groups in total. The minimum Gasteiger partial charge on any atom is -0.482 e. The van der Waals surface area contributed by atoms with E-state index in [9.17, 15) is 9.59 Å². The Morgan fingerprint density at radius 2 is 2.04 bits per heavy atom. The predicted octanol–water partition coefficient (Wildman–Crippen LogP) is 2.86. The van der Waals surface area contributed by atoms with Gasteiger partial charge in [0.15, 0.2) is 6.61 Å². The summed E-state index contributed by atoms with van der Waals surface area (Å²) in [6, 6.07) is 12.8. The Labute approximate surface area is 134 Å². The van der Waals surface area contributed by atoms with Crippen molar-refractivity contribution in [3.8, 4) is 5.75 Å². The van der Waals surface area contributed by atoms with E-state index >= 15 is 0 Å². The molecule has 2 amide bonds. The lowest BCUT2D eigenvalue weighted by Crippen LogP contribution is -2.35. The normalized spacial score (nSPS) is 13.3. The molecule has 0 aromatic heterocycles. The second kappa shape index (κ2) is 6.12. The van der Waals surface area contributed by atoms with Crippen LogP contribution in [-0.4, -0.2) is 25.5 Å². The molecule has 0 spiro atoms. The van der Waals surface area contributed by atoms with E-state index < -0.39 is 0 Å². The highest BCUT2D eigenvalue weighted by atomic mass is 16.5. The standard InChI is InChI=1S/C18H18N2O3/c1-3-12-6-4-5-7-14(12)19-18(22)13-8-9-16-15(10-13)20(2)17(21)11-23-16/h4-10H,3,11H2,1-2H3,(H,19,22). The lowest BCUT2D eigenvalue weighted by Gasteiger charge is -2.26. The highest BCUT2D eigenvalue weighted by molar-refractivity contribution is 6.06. The molecule has 3 rings (SSSR count). The van der Waals surface area contributed by atoms with E-state index in [1.165, 1.54) is 4.90 Å². The van der Waals surface area contributed by atoms with E-state index in [4.69, 9.17) is 4.74 Å². The largest absolute Gasteiger partial charge is 0.482 e. The number of ether oxygens (including phenoxy) is 1. The number of hydrogen-bond donors (Lipinski definition) is 1. The van der Waals surface area contributed by atoms with Gasteiger partial charge in [0.1, 0.15) is 5.75 Å². The molecule has 0 aliphatic carbocycles. The molecule has 0 unspecified atom stereocenters. The molecular weight excluding hydrogens is 292 g/mol. The molecule has 23 heavy (non-hydrogen) atoms. The third kappa shape index (κ3) is 2.90. The minimum atomic E-state index is -0.208. The van der Waals surface area contributed by atoms with Gasteiger partial charge in [-0.3, -0.25) is 9.59 Å². The number of benzene rings is 2. The van der Waals surface area contributed by atoms with Crippen molar-refractivity contribution >= 4 is 23.2 Å². The van der Waals surface area contributed by atoms with E-state index in [-0.39, 0.29) is 18.4 Å². The number of hydrogen-bond acceptors (Lipinski definition) is 3. The SMILES string of the molecule is CCc1ccccc1NC(=O)c1ccc2c(c1)N(C)C(=O)CO2. The number of nitrogens with one attached hydrogen (secondary N) is 1. The van der Waals surface area contributed by atoms with E-state index in [1.807, 2.05) is 31.2 Å². The summed E-state index contributed by atoms with van der Waals surface area (Å²) in [6.45, 7) is 2.07. The van der Waals surface area contributed by atoms with Crippen LogP contribution in [0.15, 0.2) is 42.5 Å². The van der Waals surface area contributed by atoms with Crippen molar-refractivity contribution in [2.24, 2.45) is 0 Å². The van der Waals surface area contributed by atoms with Crippen LogP contribution >= 0.6 is 0 Å². The second-order valence-corrected chi connectivity index (χ2v) is 5.39. The summed E-state index contributed by atoms with van der Waals surface area (Å²) >= 11 is 0. The van der Waals surface area contributed by atoms with Crippen LogP contribution in [0, 0.1) is 0 Å². The molecule has 1 heterocycles. The number of fused-ring (bicyclic) bond motifs is 1.